The number of likely N-dealkylation sites (tertiary alicyclic amines) is 1. The van der Waals surface area contributed by atoms with E-state index in [0.717, 1.165) is 12.0 Å². The number of rotatable bonds is 9. The summed E-state index contributed by atoms with van der Waals surface area (Å²) in [7, 11) is 2.86. The van der Waals surface area contributed by atoms with Gasteiger partial charge in [-0.25, -0.2) is 4.79 Å². The van der Waals surface area contributed by atoms with Crippen LogP contribution in [0, 0.1) is 12.8 Å². The van der Waals surface area contributed by atoms with E-state index in [2.05, 4.69) is 15.0 Å². The van der Waals surface area contributed by atoms with E-state index in [1.165, 1.54) is 26.4 Å². The standard InChI is InChI=1S/C27H27N5O6/c1-15-23(26(35)37-3)24-25(30-15)18(33)12-21-27(24)13-17(27)14-32(21)22(34)8-6-16-5-7-19(36-2)20(11-16)38-10-4-9-29-31-28/h5-8,11-12,17,30H,4,9-10,13-14H2,1-3H3/b8-6+/t17-,27+/m1/s1. The van der Waals surface area contributed by atoms with Gasteiger partial charge >= 0.3 is 5.97 Å². The number of allylic oxidation sites excluding steroid dienone is 2. The first-order valence-electron chi connectivity index (χ1n) is 12.2. The van der Waals surface area contributed by atoms with Crippen molar-refractivity contribution < 1.29 is 28.6 Å². The number of carbonyl (C=O) groups excluding carboxylic acids is 3. The molecule has 1 saturated carbocycles. The number of nitrogens with zero attached hydrogens (tertiary/aromatic N) is 4. The number of aryl methyl sites for hydroxylation is 1. The van der Waals surface area contributed by atoms with Crippen LogP contribution in [0.15, 0.2) is 41.2 Å². The van der Waals surface area contributed by atoms with Crippen molar-refractivity contribution >= 4 is 23.7 Å². The van der Waals surface area contributed by atoms with Gasteiger partial charge in [0.05, 0.1) is 32.1 Å². The number of carbonyl (C=O) groups is 3. The molecule has 11 heteroatoms. The van der Waals surface area contributed by atoms with E-state index >= 15 is 0 Å². The van der Waals surface area contributed by atoms with Crippen molar-refractivity contribution in [1.29, 1.82) is 0 Å². The summed E-state index contributed by atoms with van der Waals surface area (Å²) in [6.07, 6.45) is 6.00. The first-order valence-corrected chi connectivity index (χ1v) is 12.2. The summed E-state index contributed by atoms with van der Waals surface area (Å²) in [5, 5.41) is 3.49. The summed E-state index contributed by atoms with van der Waals surface area (Å²) >= 11 is 0. The van der Waals surface area contributed by atoms with Crippen LogP contribution in [0.3, 0.4) is 0 Å². The number of hydrogen-bond donors (Lipinski definition) is 1. The fraction of sp³-hybridized carbons (Fsp3) is 0.370. The number of ether oxygens (including phenoxy) is 3. The highest BCUT2D eigenvalue weighted by Gasteiger charge is 2.68. The second kappa shape index (κ2) is 9.75. The molecule has 38 heavy (non-hydrogen) atoms. The Morgan fingerprint density at radius 1 is 1.32 bits per heavy atom. The number of fused-ring (bicyclic) bond motifs is 1. The highest BCUT2D eigenvalue weighted by atomic mass is 16.5. The van der Waals surface area contributed by atoms with Gasteiger partial charge in [0.15, 0.2) is 11.5 Å². The van der Waals surface area contributed by atoms with Gasteiger partial charge in [0.1, 0.15) is 0 Å². The molecule has 1 amide bonds. The number of H-pyrrole nitrogens is 1. The van der Waals surface area contributed by atoms with E-state index in [0.29, 0.717) is 65.8 Å². The normalized spacial score (nSPS) is 20.7. The zero-order valence-electron chi connectivity index (χ0n) is 21.3. The Kier molecular flexibility index (Phi) is 6.46. The molecule has 1 aromatic carbocycles. The van der Waals surface area contributed by atoms with Crippen molar-refractivity contribution in [2.45, 2.75) is 25.2 Å². The van der Waals surface area contributed by atoms with E-state index in [1.807, 2.05) is 0 Å². The number of benzene rings is 1. The molecule has 0 radical (unpaired) electrons. The third-order valence-corrected chi connectivity index (χ3v) is 7.39. The highest BCUT2D eigenvalue weighted by Crippen LogP contribution is 2.67. The molecule has 11 nitrogen and oxygen atoms in total. The molecule has 0 unspecified atom stereocenters. The average molecular weight is 518 g/mol. The van der Waals surface area contributed by atoms with Crippen molar-refractivity contribution in [2.24, 2.45) is 11.0 Å². The number of hydrogen-bond acceptors (Lipinski definition) is 7. The zero-order chi connectivity index (χ0) is 27.0. The number of azide groups is 1. The lowest BCUT2D eigenvalue weighted by atomic mass is 9.82. The van der Waals surface area contributed by atoms with E-state index in [-0.39, 0.29) is 17.6 Å². The van der Waals surface area contributed by atoms with E-state index in [1.54, 1.807) is 36.1 Å². The number of methoxy groups -OCH3 is 2. The minimum Gasteiger partial charge on any atom is -0.493 e. The van der Waals surface area contributed by atoms with Crippen LogP contribution in [-0.4, -0.2) is 61.5 Å². The summed E-state index contributed by atoms with van der Waals surface area (Å²) in [5.41, 5.74) is 11.3. The molecule has 1 spiro atoms. The van der Waals surface area contributed by atoms with Gasteiger partial charge in [-0.3, -0.25) is 9.59 Å². The summed E-state index contributed by atoms with van der Waals surface area (Å²) in [6, 6.07) is 5.32. The Hall–Kier alpha value is -4.50. The molecule has 196 valence electrons. The summed E-state index contributed by atoms with van der Waals surface area (Å²) in [4.78, 5) is 46.3. The number of esters is 1. The third kappa shape index (κ3) is 4.01. The summed E-state index contributed by atoms with van der Waals surface area (Å²) < 4.78 is 16.1. The molecule has 2 aromatic rings. The maximum atomic E-state index is 13.3. The zero-order valence-corrected chi connectivity index (χ0v) is 21.3. The molecular weight excluding hydrogens is 490 g/mol. The predicted octanol–water partition coefficient (Wildman–Crippen LogP) is 4.09. The van der Waals surface area contributed by atoms with E-state index < -0.39 is 11.4 Å². The fourth-order valence-electron chi connectivity index (χ4n) is 5.61. The van der Waals surface area contributed by atoms with Crippen LogP contribution in [-0.2, 0) is 14.9 Å². The minimum atomic E-state index is -0.530. The number of piperidine rings is 1. The second-order valence-electron chi connectivity index (χ2n) is 9.48. The number of aromatic amines is 1. The molecule has 1 N–H and O–H groups in total. The quantitative estimate of drug-likeness (QED) is 0.132. The maximum absolute atomic E-state index is 13.3. The molecule has 2 atom stereocenters. The molecule has 5 rings (SSSR count). The van der Waals surface area contributed by atoms with Crippen molar-refractivity contribution in [3.63, 3.8) is 0 Å². The Balaban J connectivity index is 1.36. The number of nitrogens with one attached hydrogen (secondary N) is 1. The van der Waals surface area contributed by atoms with Crippen molar-refractivity contribution in [3.05, 3.63) is 74.6 Å². The van der Waals surface area contributed by atoms with Crippen molar-refractivity contribution in [2.75, 3.05) is 33.9 Å². The maximum Gasteiger partial charge on any atom is 0.340 e. The Morgan fingerprint density at radius 2 is 2.13 bits per heavy atom. The van der Waals surface area contributed by atoms with Crippen LogP contribution in [0.1, 0.15) is 50.5 Å². The summed E-state index contributed by atoms with van der Waals surface area (Å²) in [5.74, 6) is 0.181. The first-order chi connectivity index (χ1) is 18.3. The van der Waals surface area contributed by atoms with Gasteiger partial charge in [-0.05, 0) is 55.0 Å². The average Bonchev–Trinajstić information content (AvgIpc) is 3.36. The van der Waals surface area contributed by atoms with Gasteiger partial charge in [0.2, 0.25) is 5.78 Å². The highest BCUT2D eigenvalue weighted by molar-refractivity contribution is 6.11. The van der Waals surface area contributed by atoms with Gasteiger partial charge in [0, 0.05) is 52.5 Å². The van der Waals surface area contributed by atoms with Crippen LogP contribution in [0.4, 0.5) is 0 Å². The number of ketones is 1. The molecule has 2 fully saturated rings. The van der Waals surface area contributed by atoms with Crippen LogP contribution in [0.25, 0.3) is 16.5 Å². The van der Waals surface area contributed by atoms with Crippen LogP contribution >= 0.6 is 0 Å². The lowest BCUT2D eigenvalue weighted by Gasteiger charge is -2.27. The Morgan fingerprint density at radius 3 is 2.87 bits per heavy atom. The smallest absolute Gasteiger partial charge is 0.340 e. The molecule has 3 aliphatic rings. The van der Waals surface area contributed by atoms with Crippen LogP contribution in [0.2, 0.25) is 0 Å². The lowest BCUT2D eigenvalue weighted by molar-refractivity contribution is -0.123. The topological polar surface area (TPSA) is 147 Å². The second-order valence-corrected chi connectivity index (χ2v) is 9.48. The van der Waals surface area contributed by atoms with E-state index in [4.69, 9.17) is 19.7 Å². The van der Waals surface area contributed by atoms with E-state index in [9.17, 15) is 14.4 Å². The monoisotopic (exact) mass is 517 g/mol. The van der Waals surface area contributed by atoms with Crippen molar-refractivity contribution in [3.8, 4) is 11.5 Å². The molecule has 2 heterocycles. The van der Waals surface area contributed by atoms with Gasteiger partial charge < -0.3 is 24.1 Å². The van der Waals surface area contributed by atoms with Crippen LogP contribution < -0.4 is 9.47 Å². The number of aromatic nitrogens is 1. The molecule has 2 aliphatic carbocycles. The van der Waals surface area contributed by atoms with Gasteiger partial charge in [-0.2, -0.15) is 0 Å². The molecular formula is C27H27N5O6. The Labute approximate surface area is 218 Å². The molecule has 1 aliphatic heterocycles. The van der Waals surface area contributed by atoms with Gasteiger partial charge in [0.25, 0.3) is 5.91 Å². The SMILES string of the molecule is COC(=O)c1c(C)[nH]c2c1[C@@]13C[C@@H]1CN(C(=O)/C=C/c1ccc(OC)c(OCCCN=[N+]=[N-])c1)C3=CC2=O. The minimum absolute atomic E-state index is 0.128. The third-order valence-electron chi connectivity index (χ3n) is 7.39. The number of amides is 1. The largest absolute Gasteiger partial charge is 0.493 e. The molecule has 1 saturated heterocycles. The van der Waals surface area contributed by atoms with Crippen LogP contribution in [0.5, 0.6) is 11.5 Å². The Bertz CT molecular complexity index is 1450. The van der Waals surface area contributed by atoms with Gasteiger partial charge in [-0.1, -0.05) is 11.2 Å². The lowest BCUT2D eigenvalue weighted by Crippen LogP contribution is -2.33. The van der Waals surface area contributed by atoms with Crippen molar-refractivity contribution in [1.82, 2.24) is 9.88 Å². The first kappa shape index (κ1) is 25.2. The fourth-order valence-corrected chi connectivity index (χ4v) is 5.61. The summed E-state index contributed by atoms with van der Waals surface area (Å²) in [6.45, 7) is 2.89. The predicted molar refractivity (Wildman–Crippen MR) is 137 cm³/mol. The molecule has 1 aromatic heterocycles. The molecule has 0 bridgehead atoms. The van der Waals surface area contributed by atoms with Gasteiger partial charge in [-0.15, -0.1) is 0 Å².